The van der Waals surface area contributed by atoms with Gasteiger partial charge in [0.15, 0.2) is 0 Å². The Bertz CT molecular complexity index is 242. The number of carbonyl (C=O) groups is 2. The molecule has 0 fully saturated rings. The lowest BCUT2D eigenvalue weighted by Crippen LogP contribution is -2.29. The first-order valence-corrected chi connectivity index (χ1v) is 5.22. The van der Waals surface area contributed by atoms with Crippen molar-refractivity contribution < 1.29 is 19.8 Å². The molecule has 2 N–H and O–H groups in total. The first-order chi connectivity index (χ1) is 7.54. The summed E-state index contributed by atoms with van der Waals surface area (Å²) >= 11 is 0. The van der Waals surface area contributed by atoms with E-state index in [1.807, 2.05) is 0 Å². The van der Waals surface area contributed by atoms with Crippen molar-refractivity contribution in [3.05, 3.63) is 25.3 Å². The Hall–Kier alpha value is -1.58. The molecule has 0 aliphatic carbocycles. The van der Waals surface area contributed by atoms with Gasteiger partial charge in [-0.05, 0) is 25.7 Å². The van der Waals surface area contributed by atoms with E-state index in [1.165, 1.54) is 0 Å². The highest BCUT2D eigenvalue weighted by molar-refractivity contribution is 5.79. The van der Waals surface area contributed by atoms with Crippen LogP contribution in [0.4, 0.5) is 0 Å². The van der Waals surface area contributed by atoms with E-state index in [0.717, 1.165) is 0 Å². The Balaban J connectivity index is 4.64. The predicted octanol–water partition coefficient (Wildman–Crippen LogP) is 2.32. The minimum absolute atomic E-state index is 0.312. The molecule has 0 aromatic rings. The van der Waals surface area contributed by atoms with Crippen LogP contribution >= 0.6 is 0 Å². The molecule has 0 aromatic carbocycles. The van der Waals surface area contributed by atoms with Crippen molar-refractivity contribution in [2.24, 2.45) is 11.8 Å². The van der Waals surface area contributed by atoms with Crippen LogP contribution in [0, 0.1) is 11.8 Å². The van der Waals surface area contributed by atoms with Crippen LogP contribution < -0.4 is 0 Å². The van der Waals surface area contributed by atoms with Crippen molar-refractivity contribution in [1.29, 1.82) is 0 Å². The zero-order chi connectivity index (χ0) is 12.6. The SMILES string of the molecule is C=CCCC(C(=O)O)C(CCC=C)C(=O)O. The van der Waals surface area contributed by atoms with Crippen molar-refractivity contribution in [3.63, 3.8) is 0 Å². The zero-order valence-corrected chi connectivity index (χ0v) is 9.26. The van der Waals surface area contributed by atoms with E-state index < -0.39 is 23.8 Å². The van der Waals surface area contributed by atoms with Crippen LogP contribution in [-0.4, -0.2) is 22.2 Å². The molecule has 0 bridgehead atoms. The number of allylic oxidation sites excluding steroid dienone is 2. The van der Waals surface area contributed by atoms with Crippen LogP contribution in [0.15, 0.2) is 25.3 Å². The van der Waals surface area contributed by atoms with Crippen LogP contribution in [0.5, 0.6) is 0 Å². The smallest absolute Gasteiger partial charge is 0.307 e. The van der Waals surface area contributed by atoms with Gasteiger partial charge in [0, 0.05) is 0 Å². The number of aliphatic carboxylic acids is 2. The fourth-order valence-electron chi connectivity index (χ4n) is 1.59. The highest BCUT2D eigenvalue weighted by Crippen LogP contribution is 2.23. The molecule has 4 heteroatoms. The first kappa shape index (κ1) is 14.4. The third-order valence-electron chi connectivity index (χ3n) is 2.48. The molecule has 4 nitrogen and oxygen atoms in total. The predicted molar refractivity (Wildman–Crippen MR) is 61.1 cm³/mol. The normalized spacial score (nSPS) is 13.8. The number of rotatable bonds is 9. The van der Waals surface area contributed by atoms with Gasteiger partial charge in [-0.15, -0.1) is 13.2 Å². The minimum atomic E-state index is -1.06. The van der Waals surface area contributed by atoms with Crippen molar-refractivity contribution in [3.8, 4) is 0 Å². The largest absolute Gasteiger partial charge is 0.481 e. The third kappa shape index (κ3) is 4.77. The zero-order valence-electron chi connectivity index (χ0n) is 9.26. The first-order valence-electron chi connectivity index (χ1n) is 5.22. The average Bonchev–Trinajstić information content (AvgIpc) is 2.21. The second-order valence-electron chi connectivity index (χ2n) is 3.62. The summed E-state index contributed by atoms with van der Waals surface area (Å²) in [4.78, 5) is 22.0. The van der Waals surface area contributed by atoms with Crippen LogP contribution in [0.2, 0.25) is 0 Å². The quantitative estimate of drug-likeness (QED) is 0.592. The van der Waals surface area contributed by atoms with Gasteiger partial charge in [-0.3, -0.25) is 9.59 Å². The van der Waals surface area contributed by atoms with Crippen LogP contribution in [0.1, 0.15) is 25.7 Å². The molecule has 16 heavy (non-hydrogen) atoms. The molecule has 0 heterocycles. The summed E-state index contributed by atoms with van der Waals surface area (Å²) in [5.41, 5.74) is 0. The fourth-order valence-corrected chi connectivity index (χ4v) is 1.59. The van der Waals surface area contributed by atoms with Crippen molar-refractivity contribution in [2.45, 2.75) is 25.7 Å². The number of hydrogen-bond donors (Lipinski definition) is 2. The van der Waals surface area contributed by atoms with Crippen LogP contribution in [0.3, 0.4) is 0 Å². The maximum absolute atomic E-state index is 11.0. The molecule has 0 rings (SSSR count). The lowest BCUT2D eigenvalue weighted by atomic mass is 9.85. The molecular formula is C12H18O4. The van der Waals surface area contributed by atoms with E-state index in [4.69, 9.17) is 10.2 Å². The van der Waals surface area contributed by atoms with Crippen molar-refractivity contribution in [2.75, 3.05) is 0 Å². The van der Waals surface area contributed by atoms with Crippen molar-refractivity contribution >= 4 is 11.9 Å². The van der Waals surface area contributed by atoms with Crippen LogP contribution in [0.25, 0.3) is 0 Å². The third-order valence-corrected chi connectivity index (χ3v) is 2.48. The topological polar surface area (TPSA) is 74.6 Å². The highest BCUT2D eigenvalue weighted by Gasteiger charge is 2.32. The summed E-state index contributed by atoms with van der Waals surface area (Å²) in [6, 6.07) is 0. The van der Waals surface area contributed by atoms with Gasteiger partial charge in [-0.2, -0.15) is 0 Å². The van der Waals surface area contributed by atoms with E-state index in [-0.39, 0.29) is 0 Å². The Kier molecular flexibility index (Phi) is 6.92. The molecule has 0 aromatic heterocycles. The molecule has 0 amide bonds. The molecule has 0 spiro atoms. The number of carboxylic acids is 2. The molecule has 90 valence electrons. The molecule has 2 atom stereocenters. The maximum atomic E-state index is 11.0. The van der Waals surface area contributed by atoms with Gasteiger partial charge < -0.3 is 10.2 Å². The highest BCUT2D eigenvalue weighted by atomic mass is 16.4. The summed E-state index contributed by atoms with van der Waals surface area (Å²) < 4.78 is 0. The molecule has 0 aliphatic rings. The van der Waals surface area contributed by atoms with Crippen LogP contribution in [-0.2, 0) is 9.59 Å². The molecular weight excluding hydrogens is 208 g/mol. The Morgan fingerprint density at radius 2 is 1.25 bits per heavy atom. The average molecular weight is 226 g/mol. The summed E-state index contributed by atoms with van der Waals surface area (Å²) in [6.07, 6.45) is 4.84. The monoisotopic (exact) mass is 226 g/mol. The second-order valence-corrected chi connectivity index (χ2v) is 3.62. The summed E-state index contributed by atoms with van der Waals surface area (Å²) in [7, 11) is 0. The minimum Gasteiger partial charge on any atom is -0.481 e. The summed E-state index contributed by atoms with van der Waals surface area (Å²) in [5.74, 6) is -3.82. The standard InChI is InChI=1S/C12H18O4/c1-3-5-7-9(11(13)14)10(12(15)16)8-6-4-2/h3-4,9-10H,1-2,5-8H2,(H,13,14)(H,15,16). The fraction of sp³-hybridized carbons (Fsp3) is 0.500. The van der Waals surface area contributed by atoms with E-state index in [9.17, 15) is 9.59 Å². The Labute approximate surface area is 95.3 Å². The summed E-state index contributed by atoms with van der Waals surface area (Å²) in [6.45, 7) is 7.00. The molecule has 2 unspecified atom stereocenters. The molecule has 0 saturated carbocycles. The van der Waals surface area contributed by atoms with Crippen molar-refractivity contribution in [1.82, 2.24) is 0 Å². The van der Waals surface area contributed by atoms with Gasteiger partial charge in [-0.25, -0.2) is 0 Å². The molecule has 0 aliphatic heterocycles. The van der Waals surface area contributed by atoms with Gasteiger partial charge >= 0.3 is 11.9 Å². The van der Waals surface area contributed by atoms with Gasteiger partial charge in [-0.1, -0.05) is 12.2 Å². The Morgan fingerprint density at radius 1 is 0.938 bits per heavy atom. The lowest BCUT2D eigenvalue weighted by molar-refractivity contribution is -0.154. The molecule has 0 saturated heterocycles. The number of hydrogen-bond acceptors (Lipinski definition) is 2. The molecule has 0 radical (unpaired) electrons. The Morgan fingerprint density at radius 3 is 1.44 bits per heavy atom. The number of carboxylic acid groups (broad SMARTS) is 2. The second kappa shape index (κ2) is 7.68. The van der Waals surface area contributed by atoms with Gasteiger partial charge in [0.05, 0.1) is 11.8 Å². The lowest BCUT2D eigenvalue weighted by Gasteiger charge is -2.19. The van der Waals surface area contributed by atoms with E-state index >= 15 is 0 Å². The van der Waals surface area contributed by atoms with Gasteiger partial charge in [0.1, 0.15) is 0 Å². The van der Waals surface area contributed by atoms with E-state index in [2.05, 4.69) is 13.2 Å². The van der Waals surface area contributed by atoms with E-state index in [0.29, 0.717) is 25.7 Å². The van der Waals surface area contributed by atoms with Gasteiger partial charge in [0.2, 0.25) is 0 Å². The maximum Gasteiger partial charge on any atom is 0.307 e. The van der Waals surface area contributed by atoms with Gasteiger partial charge in [0.25, 0.3) is 0 Å². The van der Waals surface area contributed by atoms with E-state index in [1.54, 1.807) is 12.2 Å². The summed E-state index contributed by atoms with van der Waals surface area (Å²) in [5, 5.41) is 18.0.